The van der Waals surface area contributed by atoms with Crippen LogP contribution in [0.15, 0.2) is 36.4 Å². The predicted molar refractivity (Wildman–Crippen MR) is 112 cm³/mol. The molecule has 2 aliphatic rings. The summed E-state index contributed by atoms with van der Waals surface area (Å²) < 4.78 is 0. The van der Waals surface area contributed by atoms with Gasteiger partial charge in [0.2, 0.25) is 11.8 Å². The Morgan fingerprint density at radius 1 is 1.21 bits per heavy atom. The summed E-state index contributed by atoms with van der Waals surface area (Å²) in [5.74, 6) is -0.214. The van der Waals surface area contributed by atoms with Gasteiger partial charge in [0.1, 0.15) is 0 Å². The van der Waals surface area contributed by atoms with Gasteiger partial charge < -0.3 is 10.2 Å². The zero-order valence-corrected chi connectivity index (χ0v) is 16.8. The summed E-state index contributed by atoms with van der Waals surface area (Å²) in [4.78, 5) is 29.8. The Hall–Kier alpha value is -2.40. The Morgan fingerprint density at radius 3 is 2.86 bits per heavy atom. The normalized spacial score (nSPS) is 22.9. The van der Waals surface area contributed by atoms with E-state index in [2.05, 4.69) is 23.2 Å². The van der Waals surface area contributed by atoms with E-state index in [-0.39, 0.29) is 17.7 Å². The number of hydrogen-bond donors (Lipinski definition) is 1. The van der Waals surface area contributed by atoms with Crippen LogP contribution < -0.4 is 5.32 Å². The molecule has 0 aliphatic carbocycles. The van der Waals surface area contributed by atoms with Gasteiger partial charge in [-0.15, -0.1) is 0 Å². The van der Waals surface area contributed by atoms with Gasteiger partial charge in [-0.05, 0) is 43.8 Å². The standard InChI is InChI=1S/C23H29N3O2/c1-3-25-12-6-8-19(25)15-26-14-18(13-21(26)27)23(28)24-22-16(2)10-11-17-7-4-5-9-20(17)22/h4-5,7,9-11,18-19H,3,6,8,12-15H2,1-2H3,(H,24,28). The topological polar surface area (TPSA) is 52.6 Å². The number of carbonyl (C=O) groups is 2. The van der Waals surface area contributed by atoms with Gasteiger partial charge in [-0.2, -0.15) is 0 Å². The van der Waals surface area contributed by atoms with Crippen molar-refractivity contribution in [1.29, 1.82) is 0 Å². The van der Waals surface area contributed by atoms with Crippen LogP contribution in [-0.4, -0.2) is 53.8 Å². The van der Waals surface area contributed by atoms with Crippen LogP contribution in [0.5, 0.6) is 0 Å². The van der Waals surface area contributed by atoms with Crippen LogP contribution in [0.1, 0.15) is 31.7 Å². The summed E-state index contributed by atoms with van der Waals surface area (Å²) in [5, 5.41) is 5.27. The summed E-state index contributed by atoms with van der Waals surface area (Å²) >= 11 is 0. The van der Waals surface area contributed by atoms with Crippen molar-refractivity contribution in [3.63, 3.8) is 0 Å². The molecular weight excluding hydrogens is 350 g/mol. The highest BCUT2D eigenvalue weighted by molar-refractivity contribution is 6.05. The van der Waals surface area contributed by atoms with Crippen LogP contribution in [-0.2, 0) is 9.59 Å². The Bertz CT molecular complexity index is 895. The van der Waals surface area contributed by atoms with Crippen LogP contribution in [0.3, 0.4) is 0 Å². The second-order valence-corrected chi connectivity index (χ2v) is 8.09. The number of fused-ring (bicyclic) bond motifs is 1. The van der Waals surface area contributed by atoms with Gasteiger partial charge in [0, 0.05) is 30.9 Å². The van der Waals surface area contributed by atoms with Crippen LogP contribution >= 0.6 is 0 Å². The molecule has 0 aromatic heterocycles. The van der Waals surface area contributed by atoms with E-state index in [4.69, 9.17) is 0 Å². The first kappa shape index (κ1) is 18.9. The number of anilines is 1. The first-order valence-electron chi connectivity index (χ1n) is 10.4. The van der Waals surface area contributed by atoms with Crippen molar-refractivity contribution < 1.29 is 9.59 Å². The fraction of sp³-hybridized carbons (Fsp3) is 0.478. The first-order chi connectivity index (χ1) is 13.6. The fourth-order valence-electron chi connectivity index (χ4n) is 4.67. The number of nitrogens with zero attached hydrogens (tertiary/aromatic N) is 2. The number of hydrogen-bond acceptors (Lipinski definition) is 3. The number of likely N-dealkylation sites (tertiary alicyclic amines) is 2. The number of amides is 2. The maximum atomic E-state index is 13.0. The molecule has 2 aliphatic heterocycles. The molecule has 0 bridgehead atoms. The molecule has 5 nitrogen and oxygen atoms in total. The van der Waals surface area contributed by atoms with Gasteiger partial charge in [0.25, 0.3) is 0 Å². The van der Waals surface area contributed by atoms with E-state index in [0.29, 0.717) is 19.0 Å². The number of aryl methyl sites for hydroxylation is 1. The van der Waals surface area contributed by atoms with Gasteiger partial charge in [-0.25, -0.2) is 0 Å². The zero-order chi connectivity index (χ0) is 19.7. The molecule has 28 heavy (non-hydrogen) atoms. The molecule has 2 aromatic carbocycles. The minimum Gasteiger partial charge on any atom is -0.340 e. The second kappa shape index (κ2) is 7.92. The van der Waals surface area contributed by atoms with Gasteiger partial charge >= 0.3 is 0 Å². The average molecular weight is 380 g/mol. The number of rotatable bonds is 5. The summed E-state index contributed by atoms with van der Waals surface area (Å²) in [6.45, 7) is 7.61. The summed E-state index contributed by atoms with van der Waals surface area (Å²) in [7, 11) is 0. The van der Waals surface area contributed by atoms with E-state index < -0.39 is 0 Å². The minimum atomic E-state index is -0.276. The highest BCUT2D eigenvalue weighted by Gasteiger charge is 2.37. The van der Waals surface area contributed by atoms with Gasteiger partial charge in [0.15, 0.2) is 0 Å². The van der Waals surface area contributed by atoms with E-state index in [1.54, 1.807) is 0 Å². The van der Waals surface area contributed by atoms with E-state index >= 15 is 0 Å². The van der Waals surface area contributed by atoms with Crippen molar-refractivity contribution in [3.8, 4) is 0 Å². The lowest BCUT2D eigenvalue weighted by atomic mass is 10.0. The second-order valence-electron chi connectivity index (χ2n) is 8.09. The molecule has 2 atom stereocenters. The number of nitrogens with one attached hydrogen (secondary N) is 1. The van der Waals surface area contributed by atoms with Crippen LogP contribution in [0, 0.1) is 12.8 Å². The van der Waals surface area contributed by atoms with Crippen LogP contribution in [0.4, 0.5) is 5.69 Å². The SMILES string of the molecule is CCN1CCCC1CN1CC(C(=O)Nc2c(C)ccc3ccccc23)CC1=O. The van der Waals surface area contributed by atoms with E-state index in [0.717, 1.165) is 48.1 Å². The molecule has 2 heterocycles. The molecule has 2 amide bonds. The first-order valence-corrected chi connectivity index (χ1v) is 10.4. The Morgan fingerprint density at radius 2 is 2.04 bits per heavy atom. The third kappa shape index (κ3) is 3.63. The largest absolute Gasteiger partial charge is 0.340 e. The summed E-state index contributed by atoms with van der Waals surface area (Å²) in [6.07, 6.45) is 2.66. The zero-order valence-electron chi connectivity index (χ0n) is 16.8. The van der Waals surface area contributed by atoms with Gasteiger partial charge in [0.05, 0.1) is 11.6 Å². The molecule has 0 saturated carbocycles. The maximum absolute atomic E-state index is 13.0. The summed E-state index contributed by atoms with van der Waals surface area (Å²) in [5.41, 5.74) is 1.90. The molecule has 148 valence electrons. The highest BCUT2D eigenvalue weighted by Crippen LogP contribution is 2.29. The van der Waals surface area contributed by atoms with Crippen molar-refractivity contribution in [2.45, 2.75) is 39.2 Å². The smallest absolute Gasteiger partial charge is 0.229 e. The molecule has 2 aromatic rings. The lowest BCUT2D eigenvalue weighted by molar-refractivity contribution is -0.128. The highest BCUT2D eigenvalue weighted by atomic mass is 16.2. The molecular formula is C23H29N3O2. The van der Waals surface area contributed by atoms with Crippen LogP contribution in [0.25, 0.3) is 10.8 Å². The molecule has 1 N–H and O–H groups in total. The van der Waals surface area contributed by atoms with Crippen LogP contribution in [0.2, 0.25) is 0 Å². The molecule has 2 fully saturated rings. The Balaban J connectivity index is 1.45. The number of benzene rings is 2. The molecule has 2 unspecified atom stereocenters. The number of likely N-dealkylation sites (N-methyl/N-ethyl adjacent to an activating group) is 1. The van der Waals surface area contributed by atoms with Crippen molar-refractivity contribution in [2.75, 3.05) is 31.5 Å². The van der Waals surface area contributed by atoms with Gasteiger partial charge in [-0.1, -0.05) is 43.3 Å². The van der Waals surface area contributed by atoms with Crippen molar-refractivity contribution >= 4 is 28.3 Å². The Kier molecular flexibility index (Phi) is 5.36. The lowest BCUT2D eigenvalue weighted by Crippen LogP contribution is -2.41. The quantitative estimate of drug-likeness (QED) is 0.866. The lowest BCUT2D eigenvalue weighted by Gasteiger charge is -2.27. The third-order valence-electron chi connectivity index (χ3n) is 6.31. The summed E-state index contributed by atoms with van der Waals surface area (Å²) in [6, 6.07) is 12.6. The van der Waals surface area contributed by atoms with E-state index in [9.17, 15) is 9.59 Å². The molecule has 5 heteroatoms. The average Bonchev–Trinajstić information content (AvgIpc) is 3.30. The van der Waals surface area contributed by atoms with Crippen molar-refractivity contribution in [3.05, 3.63) is 42.0 Å². The Labute approximate surface area is 166 Å². The monoisotopic (exact) mass is 379 g/mol. The predicted octanol–water partition coefficient (Wildman–Crippen LogP) is 3.42. The molecule has 0 radical (unpaired) electrons. The molecule has 2 saturated heterocycles. The molecule has 0 spiro atoms. The number of carbonyl (C=O) groups excluding carboxylic acids is 2. The third-order valence-corrected chi connectivity index (χ3v) is 6.31. The van der Waals surface area contributed by atoms with E-state index in [1.165, 1.54) is 6.42 Å². The maximum Gasteiger partial charge on any atom is 0.229 e. The van der Waals surface area contributed by atoms with Crippen molar-refractivity contribution in [2.24, 2.45) is 5.92 Å². The fourth-order valence-corrected chi connectivity index (χ4v) is 4.67. The molecule has 4 rings (SSSR count). The van der Waals surface area contributed by atoms with E-state index in [1.807, 2.05) is 42.2 Å². The van der Waals surface area contributed by atoms with Crippen molar-refractivity contribution in [1.82, 2.24) is 9.80 Å². The minimum absolute atomic E-state index is 0.0472. The van der Waals surface area contributed by atoms with Gasteiger partial charge in [-0.3, -0.25) is 14.5 Å².